The van der Waals surface area contributed by atoms with Gasteiger partial charge in [-0.1, -0.05) is 0 Å². The molecule has 0 radical (unpaired) electrons. The minimum atomic E-state index is -1.63. The summed E-state index contributed by atoms with van der Waals surface area (Å²) in [5.41, 5.74) is 5.41. The van der Waals surface area contributed by atoms with Crippen LogP contribution in [0.5, 0.6) is 0 Å². The van der Waals surface area contributed by atoms with Crippen LogP contribution < -0.4 is 5.73 Å². The second-order valence-electron chi connectivity index (χ2n) is 3.43. The topological polar surface area (TPSA) is 100 Å². The fraction of sp³-hybridized carbons (Fsp3) is 0.778. The third-order valence-corrected chi connectivity index (χ3v) is 2.31. The fourth-order valence-electron chi connectivity index (χ4n) is 1.32. The first-order chi connectivity index (χ1) is 7.60. The molecule has 4 atom stereocenters. The van der Waals surface area contributed by atoms with E-state index in [1.165, 1.54) is 6.21 Å². The highest BCUT2D eigenvalue weighted by atomic mass is 19.1. The molecule has 0 aromatic heterocycles. The summed E-state index contributed by atoms with van der Waals surface area (Å²) in [6, 6.07) is 0. The van der Waals surface area contributed by atoms with Crippen LogP contribution in [0.4, 0.5) is 4.39 Å². The summed E-state index contributed by atoms with van der Waals surface area (Å²) in [5.74, 6) is 0.372. The molecule has 4 N–H and O–H groups in total. The van der Waals surface area contributed by atoms with Gasteiger partial charge >= 0.3 is 0 Å². The Labute approximate surface area is 92.7 Å². The van der Waals surface area contributed by atoms with E-state index in [0.717, 1.165) is 0 Å². The third-order valence-electron chi connectivity index (χ3n) is 2.31. The lowest BCUT2D eigenvalue weighted by molar-refractivity contribution is -0.0192. The first-order valence-electron chi connectivity index (χ1n) is 4.91. The molecule has 1 rings (SSSR count). The number of hydrogen-bond acceptors (Lipinski definition) is 5. The van der Waals surface area contributed by atoms with Crippen LogP contribution in [0, 0.1) is 0 Å². The molecule has 0 bridgehead atoms. The number of ether oxygens (including phenoxy) is 1. The number of aliphatic imine (C=N–C) groups is 2. The Morgan fingerprint density at radius 1 is 1.62 bits per heavy atom. The summed E-state index contributed by atoms with van der Waals surface area (Å²) >= 11 is 0. The van der Waals surface area contributed by atoms with Gasteiger partial charge in [-0.15, -0.1) is 0 Å². The maximum absolute atomic E-state index is 13.4. The predicted molar refractivity (Wildman–Crippen MR) is 57.3 cm³/mol. The van der Waals surface area contributed by atoms with Crippen LogP contribution in [-0.2, 0) is 4.74 Å². The molecule has 1 aliphatic heterocycles. The van der Waals surface area contributed by atoms with Crippen LogP contribution in [0.15, 0.2) is 9.98 Å². The van der Waals surface area contributed by atoms with Crippen molar-refractivity contribution in [1.82, 2.24) is 0 Å². The zero-order valence-electron chi connectivity index (χ0n) is 8.95. The van der Waals surface area contributed by atoms with Crippen molar-refractivity contribution >= 4 is 12.1 Å². The standard InChI is InChI=1S/C9H16FN3O3/c1-12-6(11)2-3-13-9-7(10)8(15)5(4-14)16-9/h3,5,7-9,14-15H,2,4H2,1H3,(H2,11,12). The zero-order chi connectivity index (χ0) is 12.1. The average molecular weight is 233 g/mol. The number of halogens is 1. The van der Waals surface area contributed by atoms with Crippen molar-refractivity contribution in [2.75, 3.05) is 13.7 Å². The van der Waals surface area contributed by atoms with Crippen LogP contribution in [-0.4, -0.2) is 60.5 Å². The molecule has 1 aliphatic rings. The summed E-state index contributed by atoms with van der Waals surface area (Å²) in [7, 11) is 1.54. The minimum Gasteiger partial charge on any atom is -0.394 e. The third kappa shape index (κ3) is 2.97. The molecule has 7 heteroatoms. The summed E-state index contributed by atoms with van der Waals surface area (Å²) in [4.78, 5) is 7.48. The molecule has 0 saturated carbocycles. The molecule has 0 spiro atoms. The van der Waals surface area contributed by atoms with Crippen LogP contribution in [0.1, 0.15) is 6.42 Å². The van der Waals surface area contributed by atoms with E-state index in [2.05, 4.69) is 9.98 Å². The summed E-state index contributed by atoms with van der Waals surface area (Å²) in [5, 5.41) is 18.1. The van der Waals surface area contributed by atoms with E-state index in [1.807, 2.05) is 0 Å². The highest BCUT2D eigenvalue weighted by Gasteiger charge is 2.43. The van der Waals surface area contributed by atoms with Crippen LogP contribution in [0.3, 0.4) is 0 Å². The Bertz CT molecular complexity index is 285. The van der Waals surface area contributed by atoms with E-state index in [4.69, 9.17) is 15.6 Å². The molecule has 1 saturated heterocycles. The van der Waals surface area contributed by atoms with Crippen molar-refractivity contribution in [2.45, 2.75) is 31.0 Å². The monoisotopic (exact) mass is 233 g/mol. The van der Waals surface area contributed by atoms with Gasteiger partial charge in [0.2, 0.25) is 0 Å². The lowest BCUT2D eigenvalue weighted by Gasteiger charge is -2.08. The Morgan fingerprint density at radius 2 is 2.31 bits per heavy atom. The van der Waals surface area contributed by atoms with Gasteiger partial charge in [0.25, 0.3) is 0 Å². The lowest BCUT2D eigenvalue weighted by Crippen LogP contribution is -2.30. The fourth-order valence-corrected chi connectivity index (χ4v) is 1.32. The number of nitrogens with zero attached hydrogens (tertiary/aromatic N) is 2. The van der Waals surface area contributed by atoms with Crippen molar-refractivity contribution in [3.63, 3.8) is 0 Å². The molecule has 0 aromatic carbocycles. The first kappa shape index (κ1) is 13.0. The largest absolute Gasteiger partial charge is 0.394 e. The van der Waals surface area contributed by atoms with Gasteiger partial charge in [-0.05, 0) is 0 Å². The average Bonchev–Trinajstić information content (AvgIpc) is 2.56. The second kappa shape index (κ2) is 5.88. The normalized spacial score (nSPS) is 36.1. The maximum Gasteiger partial charge on any atom is 0.182 e. The van der Waals surface area contributed by atoms with Gasteiger partial charge in [0, 0.05) is 19.7 Å². The Balaban J connectivity index is 2.50. The Hall–Kier alpha value is -1.05. The van der Waals surface area contributed by atoms with E-state index < -0.39 is 31.2 Å². The van der Waals surface area contributed by atoms with Crippen molar-refractivity contribution in [2.24, 2.45) is 15.7 Å². The van der Waals surface area contributed by atoms with E-state index in [9.17, 15) is 9.50 Å². The van der Waals surface area contributed by atoms with Crippen LogP contribution in [0.2, 0.25) is 0 Å². The Morgan fingerprint density at radius 3 is 2.81 bits per heavy atom. The van der Waals surface area contributed by atoms with Gasteiger partial charge in [0.1, 0.15) is 12.2 Å². The highest BCUT2D eigenvalue weighted by molar-refractivity contribution is 5.92. The zero-order valence-corrected chi connectivity index (χ0v) is 8.95. The van der Waals surface area contributed by atoms with Crippen LogP contribution in [0.25, 0.3) is 0 Å². The van der Waals surface area contributed by atoms with Gasteiger partial charge in [-0.25, -0.2) is 4.39 Å². The SMILES string of the molecule is CN=C(N)CC=NC1OC(CO)C(O)C1F. The number of amidine groups is 1. The van der Waals surface area contributed by atoms with Gasteiger partial charge < -0.3 is 20.7 Å². The molecule has 0 aliphatic carbocycles. The smallest absolute Gasteiger partial charge is 0.182 e. The predicted octanol–water partition coefficient (Wildman–Crippen LogP) is -1.15. The summed E-state index contributed by atoms with van der Waals surface area (Å²) in [6.45, 7) is -0.438. The van der Waals surface area contributed by atoms with Crippen molar-refractivity contribution in [3.05, 3.63) is 0 Å². The maximum atomic E-state index is 13.4. The molecular weight excluding hydrogens is 217 g/mol. The molecule has 0 amide bonds. The number of aliphatic hydroxyl groups excluding tert-OH is 2. The lowest BCUT2D eigenvalue weighted by atomic mass is 10.1. The molecular formula is C9H16FN3O3. The minimum absolute atomic E-state index is 0.295. The summed E-state index contributed by atoms with van der Waals surface area (Å²) in [6.07, 6.45) is -3.31. The van der Waals surface area contributed by atoms with Gasteiger partial charge in [0.15, 0.2) is 12.4 Å². The van der Waals surface area contributed by atoms with Crippen molar-refractivity contribution in [3.8, 4) is 0 Å². The second-order valence-corrected chi connectivity index (χ2v) is 3.43. The van der Waals surface area contributed by atoms with Crippen molar-refractivity contribution < 1.29 is 19.3 Å². The molecule has 92 valence electrons. The van der Waals surface area contributed by atoms with E-state index in [-0.39, 0.29) is 0 Å². The number of alkyl halides is 1. The molecule has 16 heavy (non-hydrogen) atoms. The highest BCUT2D eigenvalue weighted by Crippen LogP contribution is 2.24. The van der Waals surface area contributed by atoms with Crippen molar-refractivity contribution in [1.29, 1.82) is 0 Å². The van der Waals surface area contributed by atoms with E-state index in [1.54, 1.807) is 7.05 Å². The first-order valence-corrected chi connectivity index (χ1v) is 4.91. The van der Waals surface area contributed by atoms with Gasteiger partial charge in [-0.2, -0.15) is 0 Å². The molecule has 0 aromatic rings. The number of aliphatic hydroxyl groups is 2. The molecule has 4 unspecified atom stereocenters. The van der Waals surface area contributed by atoms with Crippen LogP contribution >= 0.6 is 0 Å². The Kier molecular flexibility index (Phi) is 4.78. The van der Waals surface area contributed by atoms with E-state index in [0.29, 0.717) is 12.3 Å². The molecule has 1 heterocycles. The number of hydrogen-bond donors (Lipinski definition) is 3. The van der Waals surface area contributed by atoms with Gasteiger partial charge in [0.05, 0.1) is 12.4 Å². The summed E-state index contributed by atoms with van der Waals surface area (Å²) < 4.78 is 18.4. The van der Waals surface area contributed by atoms with Gasteiger partial charge in [-0.3, -0.25) is 9.98 Å². The number of rotatable bonds is 4. The molecule has 1 fully saturated rings. The quantitative estimate of drug-likeness (QED) is 0.421. The van der Waals surface area contributed by atoms with E-state index >= 15 is 0 Å². The number of nitrogens with two attached hydrogens (primary N) is 1. The molecule has 6 nitrogen and oxygen atoms in total.